The van der Waals surface area contributed by atoms with Gasteiger partial charge >= 0.3 is 5.97 Å². The summed E-state index contributed by atoms with van der Waals surface area (Å²) in [6.45, 7) is 4.49. The zero-order valence-electron chi connectivity index (χ0n) is 17.8. The zero-order chi connectivity index (χ0) is 22.5. The van der Waals surface area contributed by atoms with E-state index in [1.807, 2.05) is 31.2 Å². The van der Waals surface area contributed by atoms with E-state index in [1.165, 1.54) is 11.8 Å². The van der Waals surface area contributed by atoms with Crippen LogP contribution in [0.4, 0.5) is 0 Å². The van der Waals surface area contributed by atoms with Gasteiger partial charge in [0.2, 0.25) is 11.2 Å². The fraction of sp³-hybridized carbons (Fsp3) is 0.154. The fourth-order valence-corrected chi connectivity index (χ4v) is 3.10. The summed E-state index contributed by atoms with van der Waals surface area (Å²) in [5.74, 6) is 0.645. The van der Waals surface area contributed by atoms with Gasteiger partial charge in [-0.1, -0.05) is 29.8 Å². The number of esters is 1. The summed E-state index contributed by atoms with van der Waals surface area (Å²) in [5.41, 5.74) is 2.75. The lowest BCUT2D eigenvalue weighted by atomic mass is 10.2. The van der Waals surface area contributed by atoms with Gasteiger partial charge in [0.1, 0.15) is 30.0 Å². The van der Waals surface area contributed by atoms with Crippen LogP contribution in [0.5, 0.6) is 17.2 Å². The highest BCUT2D eigenvalue weighted by Crippen LogP contribution is 2.25. The van der Waals surface area contributed by atoms with Crippen LogP contribution < -0.4 is 14.9 Å². The van der Waals surface area contributed by atoms with Crippen LogP contribution in [0.3, 0.4) is 0 Å². The maximum atomic E-state index is 12.8. The molecule has 0 bridgehead atoms. The minimum atomic E-state index is -0.412. The molecule has 1 aromatic heterocycles. The van der Waals surface area contributed by atoms with Gasteiger partial charge in [0, 0.05) is 6.07 Å². The van der Waals surface area contributed by atoms with Gasteiger partial charge in [-0.25, -0.2) is 4.79 Å². The standard InChI is InChI=1S/C26H22O6/c1-3-29-26(28)19-8-10-20(11-9-19)32-24-16-31-23-14-21(12-13-22(23)25(24)27)30-15-18-6-4-17(2)5-7-18/h4-14,16H,3,15H2,1-2H3. The third kappa shape index (κ3) is 4.81. The van der Waals surface area contributed by atoms with Crippen molar-refractivity contribution >= 4 is 16.9 Å². The number of rotatable bonds is 7. The largest absolute Gasteiger partial charge is 0.489 e. The fourth-order valence-electron chi connectivity index (χ4n) is 3.10. The molecule has 0 fully saturated rings. The molecule has 4 aromatic rings. The Labute approximate surface area is 185 Å². The predicted molar refractivity (Wildman–Crippen MR) is 120 cm³/mol. The molecule has 0 aliphatic heterocycles. The van der Waals surface area contributed by atoms with Crippen molar-refractivity contribution in [3.63, 3.8) is 0 Å². The van der Waals surface area contributed by atoms with Crippen LogP contribution >= 0.6 is 0 Å². The summed E-state index contributed by atoms with van der Waals surface area (Å²) < 4.78 is 22.1. The molecule has 1 heterocycles. The molecule has 0 N–H and O–H groups in total. The Bertz CT molecular complexity index is 1290. The van der Waals surface area contributed by atoms with E-state index in [1.54, 1.807) is 49.4 Å². The van der Waals surface area contributed by atoms with Gasteiger partial charge in [0.05, 0.1) is 17.6 Å². The lowest BCUT2D eigenvalue weighted by molar-refractivity contribution is 0.0526. The molecular formula is C26H22O6. The van der Waals surface area contributed by atoms with Crippen LogP contribution in [0.1, 0.15) is 28.4 Å². The van der Waals surface area contributed by atoms with Crippen LogP contribution in [-0.4, -0.2) is 12.6 Å². The number of carbonyl (C=O) groups is 1. The van der Waals surface area contributed by atoms with Gasteiger partial charge in [-0.05, 0) is 55.8 Å². The third-order valence-corrected chi connectivity index (χ3v) is 4.83. The summed E-state index contributed by atoms with van der Waals surface area (Å²) in [6, 6.07) is 19.5. The predicted octanol–water partition coefficient (Wildman–Crippen LogP) is 5.65. The molecule has 4 rings (SSSR count). The second-order valence-electron chi connectivity index (χ2n) is 7.21. The minimum absolute atomic E-state index is 0.0507. The first-order valence-electron chi connectivity index (χ1n) is 10.2. The van der Waals surface area contributed by atoms with E-state index < -0.39 is 5.97 Å². The average Bonchev–Trinajstić information content (AvgIpc) is 2.81. The Morgan fingerprint density at radius 3 is 2.38 bits per heavy atom. The number of aryl methyl sites for hydroxylation is 1. The lowest BCUT2D eigenvalue weighted by Crippen LogP contribution is -2.06. The van der Waals surface area contributed by atoms with E-state index in [0.717, 1.165) is 5.56 Å². The van der Waals surface area contributed by atoms with Gasteiger partial charge < -0.3 is 18.6 Å². The molecule has 6 nitrogen and oxygen atoms in total. The highest BCUT2D eigenvalue weighted by molar-refractivity contribution is 5.89. The monoisotopic (exact) mass is 430 g/mol. The van der Waals surface area contributed by atoms with Crippen molar-refractivity contribution in [1.29, 1.82) is 0 Å². The number of carbonyl (C=O) groups excluding carboxylic acids is 1. The Morgan fingerprint density at radius 2 is 1.66 bits per heavy atom. The minimum Gasteiger partial charge on any atom is -0.489 e. The van der Waals surface area contributed by atoms with Crippen LogP contribution in [0.2, 0.25) is 0 Å². The van der Waals surface area contributed by atoms with Crippen molar-refractivity contribution in [2.24, 2.45) is 0 Å². The Balaban J connectivity index is 1.49. The molecule has 0 radical (unpaired) electrons. The molecule has 0 saturated carbocycles. The Kier molecular flexibility index (Phi) is 6.22. The van der Waals surface area contributed by atoms with E-state index in [4.69, 9.17) is 18.6 Å². The van der Waals surface area contributed by atoms with Crippen molar-refractivity contribution in [2.75, 3.05) is 6.61 Å². The van der Waals surface area contributed by atoms with Crippen LogP contribution in [0, 0.1) is 6.92 Å². The van der Waals surface area contributed by atoms with Crippen molar-refractivity contribution in [3.8, 4) is 17.2 Å². The summed E-state index contributed by atoms with van der Waals surface area (Å²) in [5, 5.41) is 0.383. The topological polar surface area (TPSA) is 75.0 Å². The normalized spacial score (nSPS) is 10.7. The summed E-state index contributed by atoms with van der Waals surface area (Å²) >= 11 is 0. The SMILES string of the molecule is CCOC(=O)c1ccc(Oc2coc3cc(OCc4ccc(C)cc4)ccc3c2=O)cc1. The van der Waals surface area contributed by atoms with Gasteiger partial charge in [0.25, 0.3) is 0 Å². The molecular weight excluding hydrogens is 408 g/mol. The Morgan fingerprint density at radius 1 is 0.938 bits per heavy atom. The summed E-state index contributed by atoms with van der Waals surface area (Å²) in [7, 11) is 0. The van der Waals surface area contributed by atoms with Crippen LogP contribution in [0.25, 0.3) is 11.0 Å². The molecule has 0 unspecified atom stereocenters. The molecule has 0 aliphatic carbocycles. The van der Waals surface area contributed by atoms with Crippen LogP contribution in [0.15, 0.2) is 82.2 Å². The van der Waals surface area contributed by atoms with Gasteiger partial charge in [-0.3, -0.25) is 4.79 Å². The van der Waals surface area contributed by atoms with Crippen molar-refractivity contribution in [2.45, 2.75) is 20.5 Å². The van der Waals surface area contributed by atoms with E-state index in [9.17, 15) is 9.59 Å². The highest BCUT2D eigenvalue weighted by atomic mass is 16.5. The Hall–Kier alpha value is -4.06. The third-order valence-electron chi connectivity index (χ3n) is 4.83. The quantitative estimate of drug-likeness (QED) is 0.353. The molecule has 0 atom stereocenters. The van der Waals surface area contributed by atoms with Gasteiger partial charge in [-0.15, -0.1) is 0 Å². The molecule has 32 heavy (non-hydrogen) atoms. The molecule has 0 spiro atoms. The second kappa shape index (κ2) is 9.39. The molecule has 0 saturated heterocycles. The molecule has 0 aliphatic rings. The maximum absolute atomic E-state index is 12.8. The van der Waals surface area contributed by atoms with E-state index >= 15 is 0 Å². The highest BCUT2D eigenvalue weighted by Gasteiger charge is 2.12. The van der Waals surface area contributed by atoms with Crippen molar-refractivity contribution < 1.29 is 23.4 Å². The lowest BCUT2D eigenvalue weighted by Gasteiger charge is -2.09. The van der Waals surface area contributed by atoms with Crippen molar-refractivity contribution in [3.05, 3.63) is 99.9 Å². The molecule has 6 heteroatoms. The van der Waals surface area contributed by atoms with E-state index in [-0.39, 0.29) is 11.2 Å². The van der Waals surface area contributed by atoms with Crippen LogP contribution in [-0.2, 0) is 11.3 Å². The zero-order valence-corrected chi connectivity index (χ0v) is 17.8. The molecule has 3 aromatic carbocycles. The number of benzene rings is 3. The first kappa shape index (κ1) is 21.2. The van der Waals surface area contributed by atoms with Gasteiger partial charge in [-0.2, -0.15) is 0 Å². The van der Waals surface area contributed by atoms with E-state index in [2.05, 4.69) is 0 Å². The molecule has 0 amide bonds. The number of ether oxygens (including phenoxy) is 3. The maximum Gasteiger partial charge on any atom is 0.338 e. The first-order chi connectivity index (χ1) is 15.5. The average molecular weight is 430 g/mol. The van der Waals surface area contributed by atoms with E-state index in [0.29, 0.717) is 41.2 Å². The van der Waals surface area contributed by atoms with Crippen molar-refractivity contribution in [1.82, 2.24) is 0 Å². The summed E-state index contributed by atoms with van der Waals surface area (Å²) in [6.07, 6.45) is 1.27. The second-order valence-corrected chi connectivity index (χ2v) is 7.21. The smallest absolute Gasteiger partial charge is 0.338 e. The number of hydrogen-bond donors (Lipinski definition) is 0. The van der Waals surface area contributed by atoms with Gasteiger partial charge in [0.15, 0.2) is 0 Å². The summed E-state index contributed by atoms with van der Waals surface area (Å²) in [4.78, 5) is 24.6. The first-order valence-corrected chi connectivity index (χ1v) is 10.2. The number of fused-ring (bicyclic) bond motifs is 1. The number of hydrogen-bond acceptors (Lipinski definition) is 6. The molecule has 162 valence electrons.